The van der Waals surface area contributed by atoms with E-state index in [0.717, 1.165) is 34.2 Å². The minimum Gasteiger partial charge on any atom is -0.325 e. The Kier molecular flexibility index (Phi) is 6.74. The molecule has 3 aromatic rings. The SMILES string of the molecule is CCc1cccc(CC)c1NC(=O)CSc1nc2c(c(=O)n(C)c(=O)n2C)n1C(C)C. The number of fused-ring (bicyclic) bond motifs is 1. The number of carbonyl (C=O) groups excluding carboxylic acids is 1. The number of para-hydroxylation sites is 1. The van der Waals surface area contributed by atoms with E-state index in [2.05, 4.69) is 24.1 Å². The smallest absolute Gasteiger partial charge is 0.325 e. The van der Waals surface area contributed by atoms with Crippen molar-refractivity contribution in [3.63, 3.8) is 0 Å². The summed E-state index contributed by atoms with van der Waals surface area (Å²) in [5.41, 5.74) is 2.97. The van der Waals surface area contributed by atoms with E-state index >= 15 is 0 Å². The number of imidazole rings is 1. The van der Waals surface area contributed by atoms with Gasteiger partial charge in [-0.25, -0.2) is 9.78 Å². The van der Waals surface area contributed by atoms with Gasteiger partial charge in [0.2, 0.25) is 5.91 Å². The fourth-order valence-electron chi connectivity index (χ4n) is 3.68. The summed E-state index contributed by atoms with van der Waals surface area (Å²) in [6.45, 7) is 8.02. The number of hydrogen-bond acceptors (Lipinski definition) is 5. The van der Waals surface area contributed by atoms with Crippen molar-refractivity contribution in [3.05, 3.63) is 50.2 Å². The molecule has 0 atom stereocenters. The topological polar surface area (TPSA) is 90.9 Å². The van der Waals surface area contributed by atoms with Gasteiger partial charge in [-0.3, -0.25) is 18.7 Å². The largest absolute Gasteiger partial charge is 0.332 e. The maximum atomic E-state index is 12.8. The molecular weight excluding hydrogens is 414 g/mol. The van der Waals surface area contributed by atoms with Crippen molar-refractivity contribution in [2.75, 3.05) is 11.1 Å². The first-order valence-electron chi connectivity index (χ1n) is 10.4. The van der Waals surface area contributed by atoms with E-state index < -0.39 is 5.69 Å². The van der Waals surface area contributed by atoms with Crippen LogP contribution in [0.1, 0.15) is 44.9 Å². The average molecular weight is 444 g/mol. The highest BCUT2D eigenvalue weighted by atomic mass is 32.2. The zero-order valence-electron chi connectivity index (χ0n) is 18.9. The second-order valence-electron chi connectivity index (χ2n) is 7.73. The molecule has 0 aliphatic rings. The quantitative estimate of drug-likeness (QED) is 0.567. The number of nitrogens with one attached hydrogen (secondary N) is 1. The zero-order chi connectivity index (χ0) is 22.9. The van der Waals surface area contributed by atoms with Crippen LogP contribution >= 0.6 is 11.8 Å². The number of amides is 1. The number of anilines is 1. The summed E-state index contributed by atoms with van der Waals surface area (Å²) < 4.78 is 4.25. The normalized spacial score (nSPS) is 11.5. The van der Waals surface area contributed by atoms with Crippen LogP contribution in [0.3, 0.4) is 0 Å². The molecule has 0 saturated carbocycles. The summed E-state index contributed by atoms with van der Waals surface area (Å²) >= 11 is 1.26. The second-order valence-corrected chi connectivity index (χ2v) is 8.67. The monoisotopic (exact) mass is 443 g/mol. The van der Waals surface area contributed by atoms with Crippen LogP contribution in [0.4, 0.5) is 5.69 Å². The molecule has 0 bridgehead atoms. The summed E-state index contributed by atoms with van der Waals surface area (Å²) in [6, 6.07) is 6.00. The van der Waals surface area contributed by atoms with E-state index in [4.69, 9.17) is 0 Å². The first-order chi connectivity index (χ1) is 14.7. The average Bonchev–Trinajstić information content (AvgIpc) is 3.15. The number of thioether (sulfide) groups is 1. The second kappa shape index (κ2) is 9.13. The molecule has 0 aliphatic carbocycles. The molecule has 0 fully saturated rings. The summed E-state index contributed by atoms with van der Waals surface area (Å²) in [7, 11) is 3.05. The molecule has 3 rings (SSSR count). The van der Waals surface area contributed by atoms with E-state index in [-0.39, 0.29) is 23.3 Å². The van der Waals surface area contributed by atoms with Gasteiger partial charge in [-0.05, 0) is 37.8 Å². The molecule has 9 heteroatoms. The Balaban J connectivity index is 1.93. The molecule has 31 heavy (non-hydrogen) atoms. The van der Waals surface area contributed by atoms with Crippen LogP contribution < -0.4 is 16.6 Å². The summed E-state index contributed by atoms with van der Waals surface area (Å²) in [6.07, 6.45) is 1.66. The van der Waals surface area contributed by atoms with Gasteiger partial charge in [0.05, 0.1) is 5.75 Å². The van der Waals surface area contributed by atoms with Crippen LogP contribution in [0.5, 0.6) is 0 Å². The number of aromatic nitrogens is 4. The molecule has 0 spiro atoms. The van der Waals surface area contributed by atoms with Gasteiger partial charge in [0, 0.05) is 25.8 Å². The van der Waals surface area contributed by atoms with E-state index in [1.54, 1.807) is 11.6 Å². The molecule has 1 amide bonds. The number of carbonyl (C=O) groups is 1. The van der Waals surface area contributed by atoms with E-state index in [9.17, 15) is 14.4 Å². The van der Waals surface area contributed by atoms with Gasteiger partial charge in [-0.15, -0.1) is 0 Å². The van der Waals surface area contributed by atoms with Gasteiger partial charge in [0.15, 0.2) is 16.3 Å². The number of rotatable bonds is 7. The highest BCUT2D eigenvalue weighted by Crippen LogP contribution is 2.27. The minimum absolute atomic E-state index is 0.0618. The Hall–Kier alpha value is -2.81. The molecule has 0 aliphatic heterocycles. The van der Waals surface area contributed by atoms with Crippen LogP contribution in [0.15, 0.2) is 32.9 Å². The van der Waals surface area contributed by atoms with Crippen LogP contribution in [0.25, 0.3) is 11.2 Å². The molecule has 166 valence electrons. The zero-order valence-corrected chi connectivity index (χ0v) is 19.7. The van der Waals surface area contributed by atoms with Crippen molar-refractivity contribution in [1.82, 2.24) is 18.7 Å². The van der Waals surface area contributed by atoms with Gasteiger partial charge < -0.3 is 9.88 Å². The van der Waals surface area contributed by atoms with Crippen molar-refractivity contribution >= 4 is 34.5 Å². The molecule has 8 nitrogen and oxygen atoms in total. The number of aryl methyl sites for hydroxylation is 3. The highest BCUT2D eigenvalue weighted by Gasteiger charge is 2.22. The molecule has 1 N–H and O–H groups in total. The third-order valence-corrected chi connectivity index (χ3v) is 6.32. The Bertz CT molecular complexity index is 1230. The molecule has 2 aromatic heterocycles. The van der Waals surface area contributed by atoms with Crippen molar-refractivity contribution in [2.45, 2.75) is 51.7 Å². The highest BCUT2D eigenvalue weighted by molar-refractivity contribution is 7.99. The molecule has 0 unspecified atom stereocenters. The predicted molar refractivity (Wildman–Crippen MR) is 125 cm³/mol. The van der Waals surface area contributed by atoms with Gasteiger partial charge in [-0.2, -0.15) is 0 Å². The standard InChI is InChI=1S/C22H29N5O3S/c1-7-14-10-9-11-15(8-2)17(14)23-16(28)12-31-21-24-19-18(27(21)13(3)4)20(29)26(6)22(30)25(19)5/h9-11,13H,7-8,12H2,1-6H3,(H,23,28). The number of benzene rings is 1. The van der Waals surface area contributed by atoms with Crippen molar-refractivity contribution in [1.29, 1.82) is 0 Å². The first kappa shape index (κ1) is 22.9. The van der Waals surface area contributed by atoms with Crippen molar-refractivity contribution < 1.29 is 4.79 Å². The van der Waals surface area contributed by atoms with Crippen LogP contribution in [0.2, 0.25) is 0 Å². The Labute approximate surface area is 185 Å². The Morgan fingerprint density at radius 3 is 2.26 bits per heavy atom. The van der Waals surface area contributed by atoms with Gasteiger partial charge >= 0.3 is 5.69 Å². The fourth-order valence-corrected chi connectivity index (χ4v) is 4.61. The third kappa shape index (κ3) is 4.19. The molecule has 0 radical (unpaired) electrons. The lowest BCUT2D eigenvalue weighted by Gasteiger charge is -2.15. The van der Waals surface area contributed by atoms with Crippen molar-refractivity contribution in [3.8, 4) is 0 Å². The van der Waals surface area contributed by atoms with E-state index in [1.165, 1.54) is 23.4 Å². The fraction of sp³-hybridized carbons (Fsp3) is 0.455. The van der Waals surface area contributed by atoms with Gasteiger partial charge in [0.1, 0.15) is 0 Å². The lowest BCUT2D eigenvalue weighted by atomic mass is 10.0. The summed E-state index contributed by atoms with van der Waals surface area (Å²) in [5, 5.41) is 3.60. The van der Waals surface area contributed by atoms with E-state index in [1.807, 2.05) is 32.0 Å². The van der Waals surface area contributed by atoms with Gasteiger partial charge in [-0.1, -0.05) is 43.8 Å². The summed E-state index contributed by atoms with van der Waals surface area (Å²) in [4.78, 5) is 42.4. The van der Waals surface area contributed by atoms with Crippen LogP contribution in [-0.2, 0) is 31.7 Å². The maximum Gasteiger partial charge on any atom is 0.332 e. The lowest BCUT2D eigenvalue weighted by Crippen LogP contribution is -2.37. The predicted octanol–water partition coefficient (Wildman–Crippen LogP) is 2.87. The Morgan fingerprint density at radius 2 is 1.71 bits per heavy atom. The van der Waals surface area contributed by atoms with Crippen LogP contribution in [0, 0.1) is 0 Å². The maximum absolute atomic E-state index is 12.8. The van der Waals surface area contributed by atoms with Gasteiger partial charge in [0.25, 0.3) is 5.56 Å². The van der Waals surface area contributed by atoms with Crippen LogP contribution in [-0.4, -0.2) is 30.3 Å². The minimum atomic E-state index is -0.427. The van der Waals surface area contributed by atoms with E-state index in [0.29, 0.717) is 16.3 Å². The number of hydrogen-bond donors (Lipinski definition) is 1. The van der Waals surface area contributed by atoms with Crippen molar-refractivity contribution in [2.24, 2.45) is 14.1 Å². The molecule has 1 aromatic carbocycles. The Morgan fingerprint density at radius 1 is 1.10 bits per heavy atom. The molecule has 0 saturated heterocycles. The molecule has 2 heterocycles. The number of nitrogens with zero attached hydrogens (tertiary/aromatic N) is 4. The lowest BCUT2D eigenvalue weighted by molar-refractivity contribution is -0.113. The summed E-state index contributed by atoms with van der Waals surface area (Å²) in [5.74, 6) is 0.00986. The molecular formula is C22H29N5O3S. The first-order valence-corrected chi connectivity index (χ1v) is 11.4. The third-order valence-electron chi connectivity index (χ3n) is 5.37.